The van der Waals surface area contributed by atoms with E-state index in [0.29, 0.717) is 44.6 Å². The van der Waals surface area contributed by atoms with Crippen molar-refractivity contribution in [2.24, 2.45) is 5.92 Å². The van der Waals surface area contributed by atoms with Gasteiger partial charge in [-0.2, -0.15) is 0 Å². The second kappa shape index (κ2) is 10.1. The number of carbonyl (C=O) groups excluding carboxylic acids is 2. The van der Waals surface area contributed by atoms with Gasteiger partial charge in [0.15, 0.2) is 9.84 Å². The van der Waals surface area contributed by atoms with Gasteiger partial charge in [-0.15, -0.1) is 0 Å². The highest BCUT2D eigenvalue weighted by Crippen LogP contribution is 2.25. The van der Waals surface area contributed by atoms with Gasteiger partial charge in [0.2, 0.25) is 5.91 Å². The number of nitrogens with zero attached hydrogens (tertiary/aromatic N) is 2. The van der Waals surface area contributed by atoms with Crippen molar-refractivity contribution in [2.45, 2.75) is 70.8 Å². The maximum absolute atomic E-state index is 12.8. The summed E-state index contributed by atoms with van der Waals surface area (Å²) in [7, 11) is -3.15. The Balaban J connectivity index is 1.51. The van der Waals surface area contributed by atoms with Gasteiger partial charge in [0.05, 0.1) is 29.1 Å². The zero-order chi connectivity index (χ0) is 24.4. The molecule has 0 aromatic heterocycles. The van der Waals surface area contributed by atoms with E-state index in [0.717, 1.165) is 5.56 Å². The number of rotatable bonds is 5. The molecular formula is C25H38N2O5S. The molecule has 0 unspecified atom stereocenters. The van der Waals surface area contributed by atoms with E-state index in [4.69, 9.17) is 4.74 Å². The number of sulfone groups is 1. The summed E-state index contributed by atoms with van der Waals surface area (Å²) >= 11 is 0. The molecule has 1 aromatic carbocycles. The van der Waals surface area contributed by atoms with E-state index in [-0.39, 0.29) is 42.1 Å². The van der Waals surface area contributed by atoms with Gasteiger partial charge in [0.25, 0.3) is 5.91 Å². The van der Waals surface area contributed by atoms with Crippen LogP contribution < -0.4 is 0 Å². The number of likely N-dealkylation sites (tertiary alicyclic amines) is 1. The van der Waals surface area contributed by atoms with Crippen molar-refractivity contribution in [1.29, 1.82) is 0 Å². The molecule has 0 aliphatic carbocycles. The van der Waals surface area contributed by atoms with E-state index >= 15 is 0 Å². The smallest absolute Gasteiger partial charge is 0.254 e. The molecule has 2 aliphatic rings. The first-order chi connectivity index (χ1) is 15.4. The summed E-state index contributed by atoms with van der Waals surface area (Å²) in [6.07, 6.45) is 1.75. The Bertz CT molecular complexity index is 934. The fraction of sp³-hybridized carbons (Fsp3) is 0.680. The number of hydrogen-bond donors (Lipinski definition) is 0. The van der Waals surface area contributed by atoms with Gasteiger partial charge in [-0.05, 0) is 71.1 Å². The van der Waals surface area contributed by atoms with E-state index in [1.807, 2.05) is 35.8 Å². The average molecular weight is 479 g/mol. The first-order valence-electron chi connectivity index (χ1n) is 11.9. The van der Waals surface area contributed by atoms with Gasteiger partial charge in [0, 0.05) is 31.7 Å². The van der Waals surface area contributed by atoms with Crippen molar-refractivity contribution in [3.8, 4) is 0 Å². The van der Waals surface area contributed by atoms with Crippen molar-refractivity contribution in [3.05, 3.63) is 35.4 Å². The number of morpholine rings is 1. The van der Waals surface area contributed by atoms with Gasteiger partial charge in [-0.1, -0.05) is 12.1 Å². The molecule has 8 heteroatoms. The molecule has 2 atom stereocenters. The van der Waals surface area contributed by atoms with Crippen LogP contribution in [0.3, 0.4) is 0 Å². The summed E-state index contributed by atoms with van der Waals surface area (Å²) in [5.74, 6) is 0.327. The molecule has 1 aromatic rings. The highest BCUT2D eigenvalue weighted by molar-refractivity contribution is 7.92. The van der Waals surface area contributed by atoms with Crippen molar-refractivity contribution >= 4 is 21.7 Å². The van der Waals surface area contributed by atoms with Crippen LogP contribution in [0, 0.1) is 5.92 Å². The first kappa shape index (κ1) is 25.7. The summed E-state index contributed by atoms with van der Waals surface area (Å²) in [6.45, 7) is 11.5. The summed E-state index contributed by atoms with van der Waals surface area (Å²) in [6, 6.07) is 7.28. The number of amides is 2. The monoisotopic (exact) mass is 478 g/mol. The lowest BCUT2D eigenvalue weighted by molar-refractivity contribution is -0.131. The summed E-state index contributed by atoms with van der Waals surface area (Å²) in [4.78, 5) is 29.2. The molecular weight excluding hydrogens is 440 g/mol. The standard InChI is InChI=1S/C25H38N2O5S/c1-18-15-27(16-19(2)32-18)24(29)22-8-6-20(7-9-22)14-23(28)26-12-10-21(11-13-26)17-33(30,31)25(3,4)5/h6-9,18-19,21H,10-17H2,1-5H3/t18-,19+. The second-order valence-corrected chi connectivity index (χ2v) is 13.3. The molecule has 2 fully saturated rings. The lowest BCUT2D eigenvalue weighted by Crippen LogP contribution is -2.48. The molecule has 2 amide bonds. The molecule has 2 aliphatic heterocycles. The van der Waals surface area contributed by atoms with Crippen molar-refractivity contribution in [1.82, 2.24) is 9.80 Å². The van der Waals surface area contributed by atoms with E-state index in [1.165, 1.54) is 0 Å². The Morgan fingerprint density at radius 3 is 2.03 bits per heavy atom. The molecule has 7 nitrogen and oxygen atoms in total. The van der Waals surface area contributed by atoms with E-state index in [1.54, 1.807) is 32.9 Å². The minimum Gasteiger partial charge on any atom is -0.372 e. The van der Waals surface area contributed by atoms with Gasteiger partial charge in [-0.25, -0.2) is 8.42 Å². The first-order valence-corrected chi connectivity index (χ1v) is 13.5. The van der Waals surface area contributed by atoms with Crippen molar-refractivity contribution < 1.29 is 22.7 Å². The topological polar surface area (TPSA) is 84.0 Å². The second-order valence-electron chi connectivity index (χ2n) is 10.6. The van der Waals surface area contributed by atoms with Crippen molar-refractivity contribution in [2.75, 3.05) is 31.9 Å². The summed E-state index contributed by atoms with van der Waals surface area (Å²) in [5.41, 5.74) is 1.49. The van der Waals surface area contributed by atoms with Crippen LogP contribution in [0.2, 0.25) is 0 Å². The Hall–Kier alpha value is -1.93. The van der Waals surface area contributed by atoms with Crippen LogP contribution >= 0.6 is 0 Å². The maximum atomic E-state index is 12.8. The van der Waals surface area contributed by atoms with Gasteiger partial charge in [0.1, 0.15) is 0 Å². The molecule has 2 heterocycles. The van der Waals surface area contributed by atoms with Gasteiger partial charge >= 0.3 is 0 Å². The van der Waals surface area contributed by atoms with E-state index in [2.05, 4.69) is 0 Å². The molecule has 184 valence electrons. The Labute approximate surface area is 198 Å². The van der Waals surface area contributed by atoms with Gasteiger partial charge < -0.3 is 14.5 Å². The zero-order valence-electron chi connectivity index (χ0n) is 20.5. The third kappa shape index (κ3) is 6.57. The predicted octanol–water partition coefficient (Wildman–Crippen LogP) is 2.93. The van der Waals surface area contributed by atoms with Crippen LogP contribution in [-0.4, -0.2) is 78.9 Å². The largest absolute Gasteiger partial charge is 0.372 e. The summed E-state index contributed by atoms with van der Waals surface area (Å²) in [5, 5.41) is 0. The molecule has 2 saturated heterocycles. The molecule has 0 bridgehead atoms. The Morgan fingerprint density at radius 2 is 1.52 bits per heavy atom. The maximum Gasteiger partial charge on any atom is 0.254 e. The minimum absolute atomic E-state index is 0.0119. The van der Waals surface area contributed by atoms with Crippen LogP contribution in [0.4, 0.5) is 0 Å². The molecule has 0 spiro atoms. The molecule has 3 rings (SSSR count). The van der Waals surface area contributed by atoms with Gasteiger partial charge in [-0.3, -0.25) is 9.59 Å². The van der Waals surface area contributed by atoms with Crippen molar-refractivity contribution in [3.63, 3.8) is 0 Å². The normalized spacial score (nSPS) is 22.9. The lowest BCUT2D eigenvalue weighted by atomic mass is 9.98. The number of piperidine rings is 1. The molecule has 0 N–H and O–H groups in total. The van der Waals surface area contributed by atoms with E-state index in [9.17, 15) is 18.0 Å². The highest BCUT2D eigenvalue weighted by atomic mass is 32.2. The average Bonchev–Trinajstić information content (AvgIpc) is 2.72. The third-order valence-corrected chi connectivity index (χ3v) is 9.39. The van der Waals surface area contributed by atoms with Crippen LogP contribution in [0.15, 0.2) is 24.3 Å². The molecule has 0 saturated carbocycles. The summed E-state index contributed by atoms with van der Waals surface area (Å²) < 4.78 is 29.9. The highest BCUT2D eigenvalue weighted by Gasteiger charge is 2.33. The number of hydrogen-bond acceptors (Lipinski definition) is 5. The number of ether oxygens (including phenoxy) is 1. The quantitative estimate of drug-likeness (QED) is 0.650. The predicted molar refractivity (Wildman–Crippen MR) is 129 cm³/mol. The Morgan fingerprint density at radius 1 is 0.970 bits per heavy atom. The Kier molecular flexibility index (Phi) is 7.89. The SMILES string of the molecule is C[C@@H]1CN(C(=O)c2ccc(CC(=O)N3CCC(CS(=O)(=O)C(C)(C)C)CC3)cc2)C[C@H](C)O1. The van der Waals surface area contributed by atoms with Crippen LogP contribution in [0.1, 0.15) is 63.4 Å². The van der Waals surface area contributed by atoms with Crippen LogP contribution in [0.25, 0.3) is 0 Å². The fourth-order valence-electron chi connectivity index (χ4n) is 4.49. The number of carbonyl (C=O) groups is 2. The molecule has 33 heavy (non-hydrogen) atoms. The third-order valence-electron chi connectivity index (χ3n) is 6.62. The zero-order valence-corrected chi connectivity index (χ0v) is 21.4. The van der Waals surface area contributed by atoms with E-state index < -0.39 is 14.6 Å². The fourth-order valence-corrected chi connectivity index (χ4v) is 5.94. The number of benzene rings is 1. The molecule has 0 radical (unpaired) electrons. The lowest BCUT2D eigenvalue weighted by Gasteiger charge is -2.35. The van der Waals surface area contributed by atoms with Crippen LogP contribution in [0.5, 0.6) is 0 Å². The minimum atomic E-state index is -3.15. The van der Waals surface area contributed by atoms with Crippen LogP contribution in [-0.2, 0) is 25.8 Å².